The third-order valence-electron chi connectivity index (χ3n) is 12.9. The number of alkyl carbamates (subject to hydrolysis) is 2. The normalized spacial score (nSPS) is 22.3. The van der Waals surface area contributed by atoms with Crippen LogP contribution in [0, 0.1) is 11.8 Å². The Morgan fingerprint density at radius 3 is 1.65 bits per heavy atom. The number of carbonyl (C=O) groups is 4. The van der Waals surface area contributed by atoms with Crippen molar-refractivity contribution >= 4 is 35.3 Å². The van der Waals surface area contributed by atoms with Crippen molar-refractivity contribution in [3.8, 4) is 22.4 Å². The van der Waals surface area contributed by atoms with Crippen LogP contribution >= 0.6 is 0 Å². The van der Waals surface area contributed by atoms with Gasteiger partial charge in [-0.3, -0.25) is 24.3 Å². The molecule has 3 aliphatic heterocycles. The number of aliphatic imine (C=N–C) groups is 1. The second kappa shape index (κ2) is 16.5. The van der Waals surface area contributed by atoms with E-state index in [1.807, 2.05) is 46.0 Å². The lowest BCUT2D eigenvalue weighted by molar-refractivity contribution is -0.230. The minimum atomic E-state index is -0.816. The van der Waals surface area contributed by atoms with Gasteiger partial charge in [-0.1, -0.05) is 76.2 Å². The van der Waals surface area contributed by atoms with E-state index in [1.165, 1.54) is 24.3 Å². The Kier molecular flexibility index (Phi) is 11.3. The summed E-state index contributed by atoms with van der Waals surface area (Å²) in [5, 5.41) is 8.27. The summed E-state index contributed by atoms with van der Waals surface area (Å²) in [6, 6.07) is 14.3. The van der Waals surface area contributed by atoms with E-state index in [1.54, 1.807) is 6.20 Å². The molecule has 2 aliphatic carbocycles. The molecule has 4 heterocycles. The van der Waals surface area contributed by atoms with E-state index in [9.17, 15) is 19.2 Å². The van der Waals surface area contributed by atoms with E-state index >= 15 is 0 Å². The summed E-state index contributed by atoms with van der Waals surface area (Å²) in [7, 11) is 2.56. The Morgan fingerprint density at radius 2 is 1.18 bits per heavy atom. The number of carbonyl (C=O) groups excluding carboxylic acids is 4. The summed E-state index contributed by atoms with van der Waals surface area (Å²) >= 11 is 0. The quantitative estimate of drug-likeness (QED) is 0.180. The highest BCUT2D eigenvalue weighted by Crippen LogP contribution is 2.51. The summed E-state index contributed by atoms with van der Waals surface area (Å²) in [4.78, 5) is 77.7. The first-order valence-electron chi connectivity index (χ1n) is 21.1. The molecule has 3 aromatic rings. The highest BCUT2D eigenvalue weighted by molar-refractivity contribution is 6.03. The number of methoxy groups -OCH3 is 2. The van der Waals surface area contributed by atoms with Crippen LogP contribution in [0.3, 0.4) is 0 Å². The maximum atomic E-state index is 13.9. The molecule has 1 aromatic heterocycles. The molecule has 0 unspecified atom stereocenters. The van der Waals surface area contributed by atoms with E-state index in [0.717, 1.165) is 77.8 Å². The average molecular weight is 822 g/mol. The molecule has 3 N–H and O–H groups in total. The van der Waals surface area contributed by atoms with Crippen molar-refractivity contribution in [3.63, 3.8) is 0 Å². The van der Waals surface area contributed by atoms with Crippen molar-refractivity contribution in [3.05, 3.63) is 72.3 Å². The number of imidazole rings is 1. The molecule has 4 amide bonds. The van der Waals surface area contributed by atoms with E-state index in [2.05, 4.69) is 52.0 Å². The number of hydrogen-bond donors (Lipinski definition) is 3. The van der Waals surface area contributed by atoms with Gasteiger partial charge in [0, 0.05) is 31.2 Å². The highest BCUT2D eigenvalue weighted by atomic mass is 16.7. The molecule has 2 saturated heterocycles. The fraction of sp³-hybridized carbons (Fsp3) is 0.511. The van der Waals surface area contributed by atoms with Gasteiger partial charge in [0.2, 0.25) is 0 Å². The maximum Gasteiger partial charge on any atom is 0.407 e. The van der Waals surface area contributed by atoms with Gasteiger partial charge in [-0.25, -0.2) is 24.7 Å². The smallest absolute Gasteiger partial charge is 0.407 e. The van der Waals surface area contributed by atoms with Gasteiger partial charge in [-0.05, 0) is 78.2 Å². The van der Waals surface area contributed by atoms with E-state index < -0.39 is 35.9 Å². The van der Waals surface area contributed by atoms with Crippen LogP contribution in [-0.4, -0.2) is 93.4 Å². The molecule has 5 aliphatic rings. The molecule has 60 heavy (non-hydrogen) atoms. The first-order valence-corrected chi connectivity index (χ1v) is 21.1. The van der Waals surface area contributed by atoms with E-state index in [4.69, 9.17) is 29.1 Å². The minimum absolute atomic E-state index is 0.171. The van der Waals surface area contributed by atoms with Crippen LogP contribution in [0.1, 0.15) is 103 Å². The van der Waals surface area contributed by atoms with Gasteiger partial charge in [0.15, 0.2) is 0 Å². The first-order chi connectivity index (χ1) is 28.8. The number of H-pyrrole nitrogens is 1. The van der Waals surface area contributed by atoms with Gasteiger partial charge in [0.1, 0.15) is 30.0 Å². The van der Waals surface area contributed by atoms with E-state index in [0.29, 0.717) is 25.1 Å². The van der Waals surface area contributed by atoms with Gasteiger partial charge >= 0.3 is 12.2 Å². The molecule has 2 aromatic carbocycles. The summed E-state index contributed by atoms with van der Waals surface area (Å²) in [6.07, 6.45) is 9.83. The number of hydroxylamine groups is 4. The zero-order valence-electron chi connectivity index (χ0n) is 35.2. The number of amides is 4. The van der Waals surface area contributed by atoms with Crippen molar-refractivity contribution in [2.45, 2.75) is 121 Å². The molecular formula is C45H55N7O8. The maximum absolute atomic E-state index is 13.9. The fourth-order valence-electron chi connectivity index (χ4n) is 8.95. The third-order valence-corrected chi connectivity index (χ3v) is 12.9. The van der Waals surface area contributed by atoms with Gasteiger partial charge in [0.25, 0.3) is 11.8 Å². The number of rotatable bonds is 11. The largest absolute Gasteiger partial charge is 0.453 e. The molecule has 4 atom stereocenters. The fourth-order valence-corrected chi connectivity index (χ4v) is 8.95. The average Bonchev–Trinajstić information content (AvgIpc) is 4.05. The van der Waals surface area contributed by atoms with Crippen molar-refractivity contribution < 1.29 is 38.3 Å². The molecular weight excluding hydrogens is 767 g/mol. The number of allylic oxidation sites excluding steroid dienone is 1. The molecule has 15 heteroatoms. The Labute approximate surface area is 350 Å². The monoisotopic (exact) mass is 821 g/mol. The highest BCUT2D eigenvalue weighted by Gasteiger charge is 2.55. The number of aromatic amines is 1. The number of nitrogens with one attached hydrogen (secondary N) is 3. The predicted molar refractivity (Wildman–Crippen MR) is 223 cm³/mol. The van der Waals surface area contributed by atoms with Crippen molar-refractivity contribution in [2.24, 2.45) is 16.8 Å². The molecule has 0 bridgehead atoms. The Bertz CT molecular complexity index is 2170. The molecule has 2 spiro atoms. The summed E-state index contributed by atoms with van der Waals surface area (Å²) in [5.74, 6) is -0.348. The van der Waals surface area contributed by atoms with Crippen molar-refractivity contribution in [1.29, 1.82) is 0 Å². The van der Waals surface area contributed by atoms with Crippen LogP contribution < -0.4 is 10.6 Å². The SMILES string of the molecule is COC(=O)N[C@H](C(=O)N1OC2(CCC2)C[C@H]1C1=NC=C(c2ccc(-c3ccc(-c4cnc([C@@H]5CC6(CCC6)ON5C(=O)[C@@H](NC(=O)OC)C(C)C)[nH]4)cc3)cc2)C1)C(C)C. The molecule has 0 radical (unpaired) electrons. The van der Waals surface area contributed by atoms with E-state index in [-0.39, 0.29) is 35.3 Å². The van der Waals surface area contributed by atoms with Crippen LogP contribution in [0.2, 0.25) is 0 Å². The molecule has 2 saturated carbocycles. The summed E-state index contributed by atoms with van der Waals surface area (Å²) in [5.41, 5.74) is 6.09. The Hall–Kier alpha value is -5.54. The van der Waals surface area contributed by atoms with Crippen molar-refractivity contribution in [1.82, 2.24) is 30.7 Å². The first kappa shape index (κ1) is 41.2. The lowest BCUT2D eigenvalue weighted by Gasteiger charge is -2.37. The Balaban J connectivity index is 0.924. The van der Waals surface area contributed by atoms with Crippen LogP contribution in [0.25, 0.3) is 28.0 Å². The lowest BCUT2D eigenvalue weighted by atomic mass is 9.76. The molecule has 8 rings (SSSR count). The minimum Gasteiger partial charge on any atom is -0.453 e. The Morgan fingerprint density at radius 1 is 0.717 bits per heavy atom. The summed E-state index contributed by atoms with van der Waals surface area (Å²) in [6.45, 7) is 7.51. The second-order valence-electron chi connectivity index (χ2n) is 17.5. The number of benzene rings is 2. The van der Waals surface area contributed by atoms with Crippen molar-refractivity contribution in [2.75, 3.05) is 14.2 Å². The van der Waals surface area contributed by atoms with Crippen LogP contribution in [0.5, 0.6) is 0 Å². The van der Waals surface area contributed by atoms with Crippen LogP contribution in [0.15, 0.2) is 65.9 Å². The number of aromatic nitrogens is 2. The second-order valence-corrected chi connectivity index (χ2v) is 17.5. The molecule has 4 fully saturated rings. The zero-order valence-corrected chi connectivity index (χ0v) is 35.2. The van der Waals surface area contributed by atoms with Crippen LogP contribution in [-0.2, 0) is 28.7 Å². The number of hydrogen-bond acceptors (Lipinski definition) is 10. The molecule has 318 valence electrons. The third kappa shape index (κ3) is 7.92. The zero-order chi connectivity index (χ0) is 42.3. The number of nitrogens with zero attached hydrogens (tertiary/aromatic N) is 4. The predicted octanol–water partition coefficient (Wildman–Crippen LogP) is 7.27. The number of ether oxygens (including phenoxy) is 2. The van der Waals surface area contributed by atoms with Crippen LogP contribution in [0.4, 0.5) is 9.59 Å². The summed E-state index contributed by atoms with van der Waals surface area (Å²) < 4.78 is 9.59. The topological polar surface area (TPSA) is 177 Å². The standard InChI is InChI=1S/C45H55N7O8/c1-26(2)37(49-42(55)57-5)40(53)51-35(22-44(59-51)17-7-18-44)33-21-32(24-46-33)30-11-9-28(10-12-30)29-13-15-31(16-14-29)34-25-47-39(48-34)36-23-45(19-8-20-45)60-52(36)41(54)38(27(3)4)50-43(56)58-6/h9-16,24-27,35-38H,7-8,17-23H2,1-6H3,(H,47,48)(H,49,55)(H,50,56)/t35-,36-,37-,38-/m0/s1. The lowest BCUT2D eigenvalue weighted by Crippen LogP contribution is -2.53. The van der Waals surface area contributed by atoms with Gasteiger partial charge in [-0.2, -0.15) is 0 Å². The van der Waals surface area contributed by atoms with Gasteiger partial charge < -0.3 is 25.1 Å². The molecule has 15 nitrogen and oxygen atoms in total. The van der Waals surface area contributed by atoms with Gasteiger partial charge in [-0.15, -0.1) is 0 Å². The van der Waals surface area contributed by atoms with Gasteiger partial charge in [0.05, 0.1) is 37.3 Å².